The third kappa shape index (κ3) is 5.39. The lowest BCUT2D eigenvalue weighted by atomic mass is 9.95. The molecule has 3 N–H and O–H groups in total. The minimum Gasteiger partial charge on any atom is -0.481 e. The van der Waals surface area contributed by atoms with Gasteiger partial charge in [-0.2, -0.15) is 0 Å². The number of rotatable bonds is 5. The number of amidine groups is 1. The van der Waals surface area contributed by atoms with Crippen LogP contribution in [0.2, 0.25) is 0 Å². The molecule has 0 radical (unpaired) electrons. The Bertz CT molecular complexity index is 961. The largest absolute Gasteiger partial charge is 0.481 e. The van der Waals surface area contributed by atoms with Crippen molar-refractivity contribution < 1.29 is 9.90 Å². The van der Waals surface area contributed by atoms with E-state index in [-0.39, 0.29) is 6.42 Å². The first kappa shape index (κ1) is 20.9. The van der Waals surface area contributed by atoms with E-state index in [0.717, 1.165) is 24.2 Å². The molecule has 1 aliphatic heterocycles. The molecule has 2 aromatic rings. The maximum atomic E-state index is 10.8. The molecule has 0 saturated carbocycles. The Morgan fingerprint density at radius 2 is 1.93 bits per heavy atom. The van der Waals surface area contributed by atoms with Crippen LogP contribution >= 0.6 is 11.6 Å². The molecule has 1 heterocycles. The number of allylic oxidation sites excluding steroid dienone is 1. The SMILES string of the molecule is CC(N)=C(Cl)C(=Nc1ccc(C)cc1)N1CCc2cc(CCC(=O)O)ccc2C1. The van der Waals surface area contributed by atoms with Gasteiger partial charge in [0.25, 0.3) is 0 Å². The first-order valence-electron chi connectivity index (χ1n) is 9.68. The van der Waals surface area contributed by atoms with Gasteiger partial charge in [0.1, 0.15) is 10.9 Å². The number of carboxylic acid groups (broad SMARTS) is 1. The summed E-state index contributed by atoms with van der Waals surface area (Å²) in [4.78, 5) is 17.8. The number of nitrogens with zero attached hydrogens (tertiary/aromatic N) is 2. The monoisotopic (exact) mass is 411 g/mol. The van der Waals surface area contributed by atoms with Crippen LogP contribution in [0.15, 0.2) is 58.2 Å². The Morgan fingerprint density at radius 3 is 2.59 bits per heavy atom. The Kier molecular flexibility index (Phi) is 6.60. The molecule has 152 valence electrons. The van der Waals surface area contributed by atoms with Gasteiger partial charge in [0.15, 0.2) is 0 Å². The summed E-state index contributed by atoms with van der Waals surface area (Å²) < 4.78 is 0. The zero-order chi connectivity index (χ0) is 21.0. The molecule has 29 heavy (non-hydrogen) atoms. The summed E-state index contributed by atoms with van der Waals surface area (Å²) in [5.74, 6) is -0.0967. The zero-order valence-electron chi connectivity index (χ0n) is 16.8. The predicted molar refractivity (Wildman–Crippen MR) is 118 cm³/mol. The van der Waals surface area contributed by atoms with Crippen molar-refractivity contribution in [1.82, 2.24) is 4.90 Å². The van der Waals surface area contributed by atoms with Crippen molar-refractivity contribution in [1.29, 1.82) is 0 Å². The van der Waals surface area contributed by atoms with Crippen LogP contribution in [0.5, 0.6) is 0 Å². The normalized spacial score (nSPS) is 15.0. The summed E-state index contributed by atoms with van der Waals surface area (Å²) in [7, 11) is 0. The van der Waals surface area contributed by atoms with E-state index in [4.69, 9.17) is 27.4 Å². The Morgan fingerprint density at radius 1 is 1.21 bits per heavy atom. The third-order valence-electron chi connectivity index (χ3n) is 5.02. The standard InChI is InChI=1S/C23H26ClN3O2/c1-15-3-8-20(9-4-15)26-23(22(24)16(2)25)27-12-11-18-13-17(6-10-21(28)29)5-7-19(18)14-27/h3-5,7-9,13H,6,10-12,14,25H2,1-2H3,(H,28,29). The quantitative estimate of drug-likeness (QED) is 0.559. The number of halogens is 1. The molecule has 5 nitrogen and oxygen atoms in total. The molecule has 0 fully saturated rings. The number of aliphatic imine (C=N–C) groups is 1. The molecule has 0 aliphatic carbocycles. The zero-order valence-corrected chi connectivity index (χ0v) is 17.5. The van der Waals surface area contributed by atoms with E-state index in [1.54, 1.807) is 6.92 Å². The summed E-state index contributed by atoms with van der Waals surface area (Å²) in [6.45, 7) is 5.27. The van der Waals surface area contributed by atoms with Crippen molar-refractivity contribution in [3.05, 3.63) is 75.4 Å². The van der Waals surface area contributed by atoms with Crippen molar-refractivity contribution in [3.8, 4) is 0 Å². The number of hydrogen-bond acceptors (Lipinski definition) is 3. The highest BCUT2D eigenvalue weighted by molar-refractivity contribution is 6.43. The number of aryl methyl sites for hydroxylation is 2. The maximum Gasteiger partial charge on any atom is 0.303 e. The van der Waals surface area contributed by atoms with Crippen molar-refractivity contribution in [2.75, 3.05) is 6.54 Å². The van der Waals surface area contributed by atoms with Crippen LogP contribution in [0.25, 0.3) is 0 Å². The number of carbonyl (C=O) groups is 1. The lowest BCUT2D eigenvalue weighted by Crippen LogP contribution is -2.36. The summed E-state index contributed by atoms with van der Waals surface area (Å²) in [5.41, 5.74) is 12.0. The lowest BCUT2D eigenvalue weighted by molar-refractivity contribution is -0.136. The van der Waals surface area contributed by atoms with Gasteiger partial charge in [0.2, 0.25) is 0 Å². The van der Waals surface area contributed by atoms with Gasteiger partial charge in [-0.1, -0.05) is 47.5 Å². The molecule has 6 heteroatoms. The van der Waals surface area contributed by atoms with Gasteiger partial charge in [-0.25, -0.2) is 4.99 Å². The first-order chi connectivity index (χ1) is 13.8. The number of benzene rings is 2. The van der Waals surface area contributed by atoms with E-state index in [2.05, 4.69) is 17.0 Å². The van der Waals surface area contributed by atoms with Gasteiger partial charge in [-0.3, -0.25) is 4.79 Å². The summed E-state index contributed by atoms with van der Waals surface area (Å²) >= 11 is 6.55. The Hall–Kier alpha value is -2.79. The average Bonchev–Trinajstić information content (AvgIpc) is 2.70. The predicted octanol–water partition coefficient (Wildman–Crippen LogP) is 4.53. The molecule has 1 aliphatic rings. The van der Waals surface area contributed by atoms with Gasteiger partial charge in [-0.05, 0) is 55.5 Å². The van der Waals surface area contributed by atoms with Crippen LogP contribution in [0.3, 0.4) is 0 Å². The average molecular weight is 412 g/mol. The lowest BCUT2D eigenvalue weighted by Gasteiger charge is -2.32. The van der Waals surface area contributed by atoms with Crippen LogP contribution in [0.1, 0.15) is 35.6 Å². The number of carboxylic acids is 1. The second kappa shape index (κ2) is 9.14. The molecule has 0 atom stereocenters. The molecule has 0 bridgehead atoms. The second-order valence-electron chi connectivity index (χ2n) is 7.44. The van der Waals surface area contributed by atoms with E-state index in [9.17, 15) is 4.79 Å². The molecule has 2 aromatic carbocycles. The highest BCUT2D eigenvalue weighted by Crippen LogP contribution is 2.26. The van der Waals surface area contributed by atoms with Crippen molar-refractivity contribution in [2.45, 2.75) is 39.7 Å². The summed E-state index contributed by atoms with van der Waals surface area (Å²) in [6, 6.07) is 14.2. The molecule has 3 rings (SSSR count). The summed E-state index contributed by atoms with van der Waals surface area (Å²) in [6.07, 6.45) is 1.54. The number of fused-ring (bicyclic) bond motifs is 1. The maximum absolute atomic E-state index is 10.8. The van der Waals surface area contributed by atoms with Crippen molar-refractivity contribution >= 4 is 29.1 Å². The number of nitrogens with two attached hydrogens (primary N) is 1. The molecule has 0 aromatic heterocycles. The van der Waals surface area contributed by atoms with Crippen LogP contribution in [0.4, 0.5) is 5.69 Å². The van der Waals surface area contributed by atoms with Crippen LogP contribution in [-0.4, -0.2) is 28.4 Å². The van der Waals surface area contributed by atoms with Gasteiger partial charge in [0, 0.05) is 25.2 Å². The fraction of sp³-hybridized carbons (Fsp3) is 0.304. The summed E-state index contributed by atoms with van der Waals surface area (Å²) in [5, 5.41) is 9.36. The first-order valence-corrected chi connectivity index (χ1v) is 10.1. The van der Waals surface area contributed by atoms with E-state index in [0.29, 0.717) is 29.5 Å². The molecule has 0 saturated heterocycles. The fourth-order valence-corrected chi connectivity index (χ4v) is 3.53. The van der Waals surface area contributed by atoms with Crippen molar-refractivity contribution in [2.24, 2.45) is 10.7 Å². The van der Waals surface area contributed by atoms with Crippen LogP contribution in [0, 0.1) is 6.92 Å². The molecular weight excluding hydrogens is 386 g/mol. The second-order valence-corrected chi connectivity index (χ2v) is 7.81. The smallest absolute Gasteiger partial charge is 0.303 e. The molecular formula is C23H26ClN3O2. The van der Waals surface area contributed by atoms with Gasteiger partial charge in [-0.15, -0.1) is 0 Å². The highest BCUT2D eigenvalue weighted by atomic mass is 35.5. The van der Waals surface area contributed by atoms with Gasteiger partial charge in [0.05, 0.1) is 5.69 Å². The highest BCUT2D eigenvalue weighted by Gasteiger charge is 2.22. The molecule has 0 amide bonds. The Labute approximate surface area is 176 Å². The van der Waals surface area contributed by atoms with Crippen molar-refractivity contribution in [3.63, 3.8) is 0 Å². The third-order valence-corrected chi connectivity index (χ3v) is 5.49. The minimum atomic E-state index is -0.774. The topological polar surface area (TPSA) is 78.9 Å². The Balaban J connectivity index is 1.87. The van der Waals surface area contributed by atoms with Crippen LogP contribution < -0.4 is 5.73 Å². The van der Waals surface area contributed by atoms with E-state index < -0.39 is 5.97 Å². The van der Waals surface area contributed by atoms with E-state index >= 15 is 0 Å². The van der Waals surface area contributed by atoms with E-state index in [1.165, 1.54) is 16.7 Å². The fourth-order valence-electron chi connectivity index (χ4n) is 3.37. The van der Waals surface area contributed by atoms with Gasteiger partial charge < -0.3 is 15.7 Å². The van der Waals surface area contributed by atoms with E-state index in [1.807, 2.05) is 37.3 Å². The number of aliphatic carboxylic acids is 1. The number of hydrogen-bond donors (Lipinski definition) is 2. The van der Waals surface area contributed by atoms with Gasteiger partial charge >= 0.3 is 5.97 Å². The molecule has 0 unspecified atom stereocenters. The van der Waals surface area contributed by atoms with Crippen LogP contribution in [-0.2, 0) is 24.2 Å². The molecule has 0 spiro atoms. The minimum absolute atomic E-state index is 0.147.